The third kappa shape index (κ3) is 3.54. The Morgan fingerprint density at radius 2 is 1.83 bits per heavy atom. The van der Waals surface area contributed by atoms with Gasteiger partial charge in [0.25, 0.3) is 5.91 Å². The number of fused-ring (bicyclic) bond motifs is 1. The number of H-pyrrole nitrogens is 1. The molecule has 4 rings (SSSR count). The van der Waals surface area contributed by atoms with Crippen LogP contribution >= 0.6 is 0 Å². The number of anilines is 1. The Morgan fingerprint density at radius 1 is 1.03 bits per heavy atom. The molecule has 0 radical (unpaired) electrons. The topological polar surface area (TPSA) is 83.6 Å². The first-order chi connectivity index (χ1) is 14.6. The molecule has 0 saturated carbocycles. The Hall–Kier alpha value is -3.95. The van der Waals surface area contributed by atoms with Crippen molar-refractivity contribution in [2.24, 2.45) is 0 Å². The van der Waals surface area contributed by atoms with Crippen molar-refractivity contribution in [2.75, 3.05) is 19.5 Å². The molecule has 1 aromatic heterocycles. The summed E-state index contributed by atoms with van der Waals surface area (Å²) in [4.78, 5) is 15.7. The van der Waals surface area contributed by atoms with Crippen molar-refractivity contribution in [3.8, 4) is 23.3 Å². The van der Waals surface area contributed by atoms with Crippen LogP contribution in [-0.2, 0) is 4.79 Å². The standard InChI is InChI=1S/C24H20N2O4/c1-29-21-9-4-3-7-16(21)20(27)11-10-15-6-5-8-18-23(15)17(24(28)26-18)14-19-22(30-2)12-13-25-19/h3-9,12-14,20,25,27H,1-2H3,(H,26,28)/b17-14-. The molecule has 1 unspecified atom stereocenters. The Morgan fingerprint density at radius 3 is 2.63 bits per heavy atom. The molecule has 0 bridgehead atoms. The molecule has 1 atom stereocenters. The Bertz CT molecular complexity index is 1200. The fourth-order valence-corrected chi connectivity index (χ4v) is 3.41. The van der Waals surface area contributed by atoms with Crippen LogP contribution in [0.1, 0.15) is 28.5 Å². The highest BCUT2D eigenvalue weighted by molar-refractivity contribution is 6.35. The Labute approximate surface area is 174 Å². The molecule has 0 fully saturated rings. The maximum atomic E-state index is 12.6. The van der Waals surface area contributed by atoms with Gasteiger partial charge in [-0.25, -0.2) is 0 Å². The van der Waals surface area contributed by atoms with E-state index in [0.29, 0.717) is 45.1 Å². The predicted octanol–water partition coefficient (Wildman–Crippen LogP) is 3.61. The smallest absolute Gasteiger partial charge is 0.256 e. The number of benzene rings is 2. The van der Waals surface area contributed by atoms with E-state index in [0.717, 1.165) is 0 Å². The first-order valence-electron chi connectivity index (χ1n) is 9.32. The predicted molar refractivity (Wildman–Crippen MR) is 115 cm³/mol. The molecule has 0 saturated heterocycles. The fourth-order valence-electron chi connectivity index (χ4n) is 3.41. The average Bonchev–Trinajstić information content (AvgIpc) is 3.36. The van der Waals surface area contributed by atoms with Gasteiger partial charge in [0.1, 0.15) is 17.6 Å². The van der Waals surface area contributed by atoms with E-state index in [9.17, 15) is 9.90 Å². The molecular formula is C24H20N2O4. The van der Waals surface area contributed by atoms with Crippen LogP contribution in [0.25, 0.3) is 11.6 Å². The highest BCUT2D eigenvalue weighted by Crippen LogP contribution is 2.36. The van der Waals surface area contributed by atoms with Crippen molar-refractivity contribution in [3.63, 3.8) is 0 Å². The van der Waals surface area contributed by atoms with Crippen LogP contribution in [0.2, 0.25) is 0 Å². The molecule has 1 aliphatic heterocycles. The molecule has 6 nitrogen and oxygen atoms in total. The second kappa shape index (κ2) is 8.19. The molecule has 150 valence electrons. The van der Waals surface area contributed by atoms with E-state index in [2.05, 4.69) is 22.1 Å². The maximum Gasteiger partial charge on any atom is 0.256 e. The van der Waals surface area contributed by atoms with Gasteiger partial charge in [-0.3, -0.25) is 4.79 Å². The van der Waals surface area contributed by atoms with E-state index in [1.165, 1.54) is 0 Å². The number of methoxy groups -OCH3 is 2. The molecule has 2 aromatic carbocycles. The van der Waals surface area contributed by atoms with E-state index in [-0.39, 0.29) is 5.91 Å². The number of hydrogen-bond acceptors (Lipinski definition) is 4. The fraction of sp³-hybridized carbons (Fsp3) is 0.125. The third-order valence-corrected chi connectivity index (χ3v) is 4.85. The summed E-state index contributed by atoms with van der Waals surface area (Å²) in [7, 11) is 3.12. The number of amides is 1. The number of aromatic nitrogens is 1. The van der Waals surface area contributed by atoms with E-state index >= 15 is 0 Å². The molecule has 0 spiro atoms. The first-order valence-corrected chi connectivity index (χ1v) is 9.32. The van der Waals surface area contributed by atoms with Crippen molar-refractivity contribution >= 4 is 23.2 Å². The van der Waals surface area contributed by atoms with Gasteiger partial charge >= 0.3 is 0 Å². The number of rotatable bonds is 4. The second-order valence-electron chi connectivity index (χ2n) is 6.61. The summed E-state index contributed by atoms with van der Waals surface area (Å²) >= 11 is 0. The summed E-state index contributed by atoms with van der Waals surface area (Å²) in [6.07, 6.45) is 2.45. The third-order valence-electron chi connectivity index (χ3n) is 4.85. The van der Waals surface area contributed by atoms with Crippen molar-refractivity contribution in [2.45, 2.75) is 6.10 Å². The number of carbonyl (C=O) groups excluding carboxylic acids is 1. The van der Waals surface area contributed by atoms with Gasteiger partial charge in [-0.1, -0.05) is 36.1 Å². The van der Waals surface area contributed by atoms with Crippen molar-refractivity contribution < 1.29 is 19.4 Å². The SMILES string of the molecule is COc1ccccc1C(O)C#Cc1cccc2c1/C(=C/c1[nH]ccc1OC)C(=O)N2. The highest BCUT2D eigenvalue weighted by Gasteiger charge is 2.27. The summed E-state index contributed by atoms with van der Waals surface area (Å²) in [6.45, 7) is 0. The quantitative estimate of drug-likeness (QED) is 0.462. The Balaban J connectivity index is 1.75. The molecular weight excluding hydrogens is 380 g/mol. The first kappa shape index (κ1) is 19.4. The zero-order valence-corrected chi connectivity index (χ0v) is 16.5. The normalized spacial score (nSPS) is 14.5. The van der Waals surface area contributed by atoms with Crippen LogP contribution in [0.4, 0.5) is 5.69 Å². The van der Waals surface area contributed by atoms with Crippen LogP contribution in [0.15, 0.2) is 54.7 Å². The van der Waals surface area contributed by atoms with Crippen LogP contribution in [0, 0.1) is 11.8 Å². The van der Waals surface area contributed by atoms with Gasteiger partial charge in [-0.2, -0.15) is 0 Å². The molecule has 6 heteroatoms. The van der Waals surface area contributed by atoms with E-state index in [1.807, 2.05) is 30.3 Å². The lowest BCUT2D eigenvalue weighted by molar-refractivity contribution is -0.110. The maximum absolute atomic E-state index is 12.6. The monoisotopic (exact) mass is 400 g/mol. The van der Waals surface area contributed by atoms with Crippen molar-refractivity contribution in [1.29, 1.82) is 0 Å². The van der Waals surface area contributed by atoms with E-state index < -0.39 is 6.10 Å². The molecule has 30 heavy (non-hydrogen) atoms. The summed E-state index contributed by atoms with van der Waals surface area (Å²) < 4.78 is 10.6. The minimum absolute atomic E-state index is 0.221. The van der Waals surface area contributed by atoms with Gasteiger partial charge in [-0.15, -0.1) is 0 Å². The van der Waals surface area contributed by atoms with Crippen LogP contribution in [0.3, 0.4) is 0 Å². The minimum atomic E-state index is -1.03. The number of aliphatic hydroxyl groups is 1. The zero-order valence-electron chi connectivity index (χ0n) is 16.5. The van der Waals surface area contributed by atoms with E-state index in [4.69, 9.17) is 9.47 Å². The Kier molecular flexibility index (Phi) is 5.29. The molecule has 1 amide bonds. The van der Waals surface area contributed by atoms with Crippen LogP contribution in [-0.4, -0.2) is 30.2 Å². The molecule has 0 aliphatic carbocycles. The van der Waals surface area contributed by atoms with Gasteiger partial charge in [-0.05, 0) is 30.3 Å². The number of aliphatic hydroxyl groups excluding tert-OH is 1. The number of hydrogen-bond donors (Lipinski definition) is 3. The molecule has 1 aliphatic rings. The minimum Gasteiger partial charge on any atom is -0.496 e. The zero-order chi connectivity index (χ0) is 21.1. The lowest BCUT2D eigenvalue weighted by atomic mass is 9.99. The van der Waals surface area contributed by atoms with Gasteiger partial charge in [0.15, 0.2) is 0 Å². The van der Waals surface area contributed by atoms with Crippen molar-refractivity contribution in [1.82, 2.24) is 4.98 Å². The molecule has 2 heterocycles. The molecule has 3 N–H and O–H groups in total. The molecule has 3 aromatic rings. The summed E-state index contributed by atoms with van der Waals surface area (Å²) in [5.41, 5.74) is 3.75. The highest BCUT2D eigenvalue weighted by atomic mass is 16.5. The van der Waals surface area contributed by atoms with Crippen LogP contribution in [0.5, 0.6) is 11.5 Å². The lowest BCUT2D eigenvalue weighted by Crippen LogP contribution is -2.03. The number of aromatic amines is 1. The number of carbonyl (C=O) groups is 1. The summed E-state index contributed by atoms with van der Waals surface area (Å²) in [5.74, 6) is 6.87. The number of ether oxygens (including phenoxy) is 2. The van der Waals surface area contributed by atoms with Crippen LogP contribution < -0.4 is 14.8 Å². The number of nitrogens with one attached hydrogen (secondary N) is 2. The van der Waals surface area contributed by atoms with Gasteiger partial charge in [0.2, 0.25) is 0 Å². The van der Waals surface area contributed by atoms with Gasteiger partial charge in [0, 0.05) is 22.9 Å². The number of para-hydroxylation sites is 1. The van der Waals surface area contributed by atoms with Gasteiger partial charge < -0.3 is 24.9 Å². The second-order valence-corrected chi connectivity index (χ2v) is 6.61. The average molecular weight is 400 g/mol. The summed E-state index contributed by atoms with van der Waals surface area (Å²) in [6, 6.07) is 14.4. The largest absolute Gasteiger partial charge is 0.496 e. The van der Waals surface area contributed by atoms with Gasteiger partial charge in [0.05, 0.1) is 31.2 Å². The van der Waals surface area contributed by atoms with Crippen molar-refractivity contribution in [3.05, 3.63) is 77.1 Å². The lowest BCUT2D eigenvalue weighted by Gasteiger charge is -2.09. The van der Waals surface area contributed by atoms with E-state index in [1.54, 1.807) is 44.7 Å². The summed E-state index contributed by atoms with van der Waals surface area (Å²) in [5, 5.41) is 13.4.